The molecule has 1 fully saturated rings. The molecule has 2 rings (SSSR count). The number of amides is 2. The molecule has 1 heterocycles. The van der Waals surface area contributed by atoms with E-state index in [1.165, 1.54) is 0 Å². The van der Waals surface area contributed by atoms with Crippen molar-refractivity contribution in [3.63, 3.8) is 0 Å². The molecule has 0 bridgehead atoms. The molecule has 7 heteroatoms. The van der Waals surface area contributed by atoms with Crippen molar-refractivity contribution in [3.05, 3.63) is 28.7 Å². The van der Waals surface area contributed by atoms with Crippen molar-refractivity contribution in [3.8, 4) is 0 Å². The molecule has 19 heavy (non-hydrogen) atoms. The topological polar surface area (TPSA) is 75.3 Å². The van der Waals surface area contributed by atoms with Crippen molar-refractivity contribution in [1.29, 1.82) is 0 Å². The standard InChI is InChI=1S/C12H15BrN2O3S/c13-9-3-5-10(6-4-9)15-12(16)14-8-11-2-1-7-19(11,17)18/h3-6,11H,1-2,7-8H2,(H2,14,15,16)/t11-/m1/s1. The van der Waals surface area contributed by atoms with Gasteiger partial charge in [0.1, 0.15) is 0 Å². The molecule has 2 amide bonds. The minimum atomic E-state index is -3.01. The average Bonchev–Trinajstić information content (AvgIpc) is 2.69. The molecule has 0 radical (unpaired) electrons. The van der Waals surface area contributed by atoms with Gasteiger partial charge in [-0.3, -0.25) is 0 Å². The largest absolute Gasteiger partial charge is 0.337 e. The van der Waals surface area contributed by atoms with E-state index in [4.69, 9.17) is 0 Å². The molecule has 1 aromatic carbocycles. The van der Waals surface area contributed by atoms with E-state index < -0.39 is 15.1 Å². The van der Waals surface area contributed by atoms with Crippen LogP contribution < -0.4 is 10.6 Å². The van der Waals surface area contributed by atoms with Crippen molar-refractivity contribution in [1.82, 2.24) is 5.32 Å². The molecule has 0 aliphatic carbocycles. The molecule has 2 N–H and O–H groups in total. The number of hydrogen-bond acceptors (Lipinski definition) is 3. The van der Waals surface area contributed by atoms with Crippen molar-refractivity contribution in [2.75, 3.05) is 17.6 Å². The van der Waals surface area contributed by atoms with Gasteiger partial charge in [0, 0.05) is 16.7 Å². The Balaban J connectivity index is 1.83. The zero-order chi connectivity index (χ0) is 13.9. The number of carbonyl (C=O) groups is 1. The first-order valence-electron chi connectivity index (χ1n) is 5.99. The summed E-state index contributed by atoms with van der Waals surface area (Å²) in [7, 11) is -3.01. The fourth-order valence-electron chi connectivity index (χ4n) is 2.00. The molecule has 1 aliphatic rings. The first-order chi connectivity index (χ1) is 8.97. The third-order valence-electron chi connectivity index (χ3n) is 3.06. The van der Waals surface area contributed by atoms with Crippen molar-refractivity contribution in [2.24, 2.45) is 0 Å². The van der Waals surface area contributed by atoms with Crippen LogP contribution in [-0.4, -0.2) is 32.0 Å². The number of halogens is 1. The molecule has 0 aromatic heterocycles. The van der Waals surface area contributed by atoms with Gasteiger partial charge in [-0.1, -0.05) is 15.9 Å². The highest BCUT2D eigenvalue weighted by Gasteiger charge is 2.31. The van der Waals surface area contributed by atoms with E-state index in [9.17, 15) is 13.2 Å². The third-order valence-corrected chi connectivity index (χ3v) is 5.86. The first kappa shape index (κ1) is 14.3. The Bertz CT molecular complexity index is 557. The molecule has 1 aliphatic heterocycles. The Hall–Kier alpha value is -1.08. The SMILES string of the molecule is O=C(NC[C@H]1CCCS1(=O)=O)Nc1ccc(Br)cc1. The lowest BCUT2D eigenvalue weighted by molar-refractivity contribution is 0.252. The Labute approximate surface area is 120 Å². The molecule has 104 valence electrons. The monoisotopic (exact) mass is 346 g/mol. The zero-order valence-electron chi connectivity index (χ0n) is 10.2. The lowest BCUT2D eigenvalue weighted by Gasteiger charge is -2.11. The second-order valence-electron chi connectivity index (χ2n) is 4.47. The Kier molecular flexibility index (Phi) is 4.46. The smallest absolute Gasteiger partial charge is 0.319 e. The number of nitrogens with one attached hydrogen (secondary N) is 2. The van der Waals surface area contributed by atoms with Gasteiger partial charge in [0.25, 0.3) is 0 Å². The second-order valence-corrected chi connectivity index (χ2v) is 7.79. The summed E-state index contributed by atoms with van der Waals surface area (Å²) >= 11 is 3.30. The van der Waals surface area contributed by atoms with Crippen LogP contribution in [0.25, 0.3) is 0 Å². The normalized spacial score (nSPS) is 21.0. The number of sulfone groups is 1. The van der Waals surface area contributed by atoms with Gasteiger partial charge in [0.15, 0.2) is 9.84 Å². The molecule has 5 nitrogen and oxygen atoms in total. The predicted molar refractivity (Wildman–Crippen MR) is 78.0 cm³/mol. The van der Waals surface area contributed by atoms with Gasteiger partial charge in [-0.25, -0.2) is 13.2 Å². The van der Waals surface area contributed by atoms with Crippen LogP contribution in [0.2, 0.25) is 0 Å². The Morgan fingerprint density at radius 1 is 1.32 bits per heavy atom. The number of rotatable bonds is 3. The van der Waals surface area contributed by atoms with Gasteiger partial charge in [0.05, 0.1) is 11.0 Å². The lowest BCUT2D eigenvalue weighted by Crippen LogP contribution is -2.37. The molecule has 0 saturated carbocycles. The van der Waals surface area contributed by atoms with Gasteiger partial charge in [-0.2, -0.15) is 0 Å². The van der Waals surface area contributed by atoms with Crippen LogP contribution in [-0.2, 0) is 9.84 Å². The van der Waals surface area contributed by atoms with Gasteiger partial charge in [-0.05, 0) is 37.1 Å². The summed E-state index contributed by atoms with van der Waals surface area (Å²) in [6.07, 6.45) is 1.31. The summed E-state index contributed by atoms with van der Waals surface area (Å²) in [5, 5.41) is 4.82. The molecule has 0 unspecified atom stereocenters. The lowest BCUT2D eigenvalue weighted by atomic mass is 10.2. The van der Waals surface area contributed by atoms with Crippen LogP contribution in [0.3, 0.4) is 0 Å². The van der Waals surface area contributed by atoms with E-state index in [0.29, 0.717) is 18.5 Å². The minimum absolute atomic E-state index is 0.171. The number of urea groups is 1. The summed E-state index contributed by atoms with van der Waals surface area (Å²) in [5.74, 6) is 0.230. The summed E-state index contributed by atoms with van der Waals surface area (Å²) in [4.78, 5) is 11.6. The van der Waals surface area contributed by atoms with E-state index in [-0.39, 0.29) is 18.3 Å². The number of carbonyl (C=O) groups excluding carboxylic acids is 1. The van der Waals surface area contributed by atoms with Crippen molar-refractivity contribution < 1.29 is 13.2 Å². The van der Waals surface area contributed by atoms with E-state index in [0.717, 1.165) is 4.47 Å². The summed E-state index contributed by atoms with van der Waals surface area (Å²) in [5.41, 5.74) is 0.662. The highest BCUT2D eigenvalue weighted by atomic mass is 79.9. The van der Waals surface area contributed by atoms with E-state index in [1.54, 1.807) is 12.1 Å². The van der Waals surface area contributed by atoms with Gasteiger partial charge < -0.3 is 10.6 Å². The number of benzene rings is 1. The number of anilines is 1. The molecule has 1 saturated heterocycles. The summed E-state index contributed by atoms with van der Waals surface area (Å²) < 4.78 is 24.1. The fourth-order valence-corrected chi connectivity index (χ4v) is 4.03. The molecule has 1 aromatic rings. The summed E-state index contributed by atoms with van der Waals surface area (Å²) in [6.45, 7) is 0.171. The van der Waals surface area contributed by atoms with Gasteiger partial charge in [0.2, 0.25) is 0 Å². The quantitative estimate of drug-likeness (QED) is 0.880. The molecular weight excluding hydrogens is 332 g/mol. The third kappa shape index (κ3) is 3.94. The van der Waals surface area contributed by atoms with Crippen LogP contribution in [0.5, 0.6) is 0 Å². The maximum atomic E-state index is 11.6. The van der Waals surface area contributed by atoms with E-state index >= 15 is 0 Å². The van der Waals surface area contributed by atoms with Crippen LogP contribution >= 0.6 is 15.9 Å². The van der Waals surface area contributed by atoms with Crippen LogP contribution in [0.15, 0.2) is 28.7 Å². The summed E-state index contributed by atoms with van der Waals surface area (Å²) in [6, 6.07) is 6.77. The maximum absolute atomic E-state index is 11.6. The highest BCUT2D eigenvalue weighted by molar-refractivity contribution is 9.10. The first-order valence-corrected chi connectivity index (χ1v) is 8.50. The molecule has 0 spiro atoms. The molecule has 1 atom stereocenters. The van der Waals surface area contributed by atoms with Crippen LogP contribution in [0.1, 0.15) is 12.8 Å². The van der Waals surface area contributed by atoms with Gasteiger partial charge in [-0.15, -0.1) is 0 Å². The van der Waals surface area contributed by atoms with E-state index in [2.05, 4.69) is 26.6 Å². The van der Waals surface area contributed by atoms with Crippen molar-refractivity contribution in [2.45, 2.75) is 18.1 Å². The van der Waals surface area contributed by atoms with Crippen molar-refractivity contribution >= 4 is 37.5 Å². The fraction of sp³-hybridized carbons (Fsp3) is 0.417. The molecular formula is C12H15BrN2O3S. The second kappa shape index (κ2) is 5.92. The Morgan fingerprint density at radius 3 is 2.58 bits per heavy atom. The van der Waals surface area contributed by atoms with E-state index in [1.807, 2.05) is 12.1 Å². The minimum Gasteiger partial charge on any atom is -0.337 e. The van der Waals surface area contributed by atoms with Gasteiger partial charge >= 0.3 is 6.03 Å². The predicted octanol–water partition coefficient (Wildman–Crippen LogP) is 2.15. The average molecular weight is 347 g/mol. The van der Waals surface area contributed by atoms with Crippen LogP contribution in [0, 0.1) is 0 Å². The zero-order valence-corrected chi connectivity index (χ0v) is 12.6. The highest BCUT2D eigenvalue weighted by Crippen LogP contribution is 2.19. The maximum Gasteiger partial charge on any atom is 0.319 e. The Morgan fingerprint density at radius 2 is 2.00 bits per heavy atom. The number of hydrogen-bond donors (Lipinski definition) is 2. The van der Waals surface area contributed by atoms with Crippen LogP contribution in [0.4, 0.5) is 10.5 Å².